The van der Waals surface area contributed by atoms with Gasteiger partial charge in [-0.25, -0.2) is 0 Å². The molecule has 0 bridgehead atoms. The molecule has 0 spiro atoms. The van der Waals surface area contributed by atoms with Crippen molar-refractivity contribution in [3.63, 3.8) is 0 Å². The third-order valence-corrected chi connectivity index (χ3v) is 7.80. The van der Waals surface area contributed by atoms with Crippen molar-refractivity contribution in [1.29, 1.82) is 0 Å². The lowest BCUT2D eigenvalue weighted by Crippen LogP contribution is -2.50. The quantitative estimate of drug-likeness (QED) is 0.687. The van der Waals surface area contributed by atoms with E-state index < -0.39 is 0 Å². The summed E-state index contributed by atoms with van der Waals surface area (Å²) >= 11 is 0. The fourth-order valence-corrected chi connectivity index (χ4v) is 6.48. The van der Waals surface area contributed by atoms with Crippen molar-refractivity contribution in [2.24, 2.45) is 28.6 Å². The Morgan fingerprint density at radius 3 is 2.52 bits per heavy atom. The smallest absolute Gasteiger partial charge is 0.139 e. The number of aliphatic hydroxyl groups excluding tert-OH is 1. The maximum Gasteiger partial charge on any atom is 0.139 e. The van der Waals surface area contributed by atoms with Gasteiger partial charge in [0.1, 0.15) is 5.78 Å². The molecule has 4 rings (SSSR count). The van der Waals surface area contributed by atoms with Gasteiger partial charge in [0, 0.05) is 11.8 Å². The summed E-state index contributed by atoms with van der Waals surface area (Å²) in [5.41, 5.74) is 1.82. The highest BCUT2D eigenvalue weighted by Gasteiger charge is 2.58. The predicted molar refractivity (Wildman–Crippen MR) is 82.7 cm³/mol. The van der Waals surface area contributed by atoms with Gasteiger partial charge in [-0.3, -0.25) is 4.79 Å². The van der Waals surface area contributed by atoms with Crippen LogP contribution in [0.1, 0.15) is 65.2 Å². The first-order valence-electron chi connectivity index (χ1n) is 8.88. The standard InChI is InChI=1S/C19H28O2/c1-18-9-7-13(20)11-12(18)3-4-14-15-5-6-17(21)19(15,2)10-8-16(14)18/h11,13-16,20H,3-10H2,1-2H3/t13-,14-,15-,16-,18+,19+/m1/s1. The van der Waals surface area contributed by atoms with E-state index in [2.05, 4.69) is 19.9 Å². The minimum atomic E-state index is -0.216. The van der Waals surface area contributed by atoms with Crippen LogP contribution in [0.25, 0.3) is 0 Å². The molecule has 0 unspecified atom stereocenters. The molecule has 0 aromatic rings. The zero-order valence-electron chi connectivity index (χ0n) is 13.4. The molecule has 0 saturated heterocycles. The molecule has 0 aromatic carbocycles. The molecule has 21 heavy (non-hydrogen) atoms. The van der Waals surface area contributed by atoms with Crippen molar-refractivity contribution in [3.8, 4) is 0 Å². The van der Waals surface area contributed by atoms with Crippen LogP contribution in [0.2, 0.25) is 0 Å². The Morgan fingerprint density at radius 1 is 1.00 bits per heavy atom. The van der Waals surface area contributed by atoms with Gasteiger partial charge in [-0.2, -0.15) is 0 Å². The molecule has 3 fully saturated rings. The normalized spacial score (nSPS) is 52.7. The molecular formula is C19H28O2. The van der Waals surface area contributed by atoms with E-state index in [-0.39, 0.29) is 11.5 Å². The van der Waals surface area contributed by atoms with E-state index in [0.717, 1.165) is 50.4 Å². The van der Waals surface area contributed by atoms with Crippen LogP contribution in [0.5, 0.6) is 0 Å². The first-order chi connectivity index (χ1) is 9.95. The summed E-state index contributed by atoms with van der Waals surface area (Å²) in [6.45, 7) is 4.70. The Bertz CT molecular complexity index is 508. The number of carbonyl (C=O) groups excluding carboxylic acids is 1. The molecule has 3 saturated carbocycles. The molecule has 0 aromatic heterocycles. The number of hydrogen-bond acceptors (Lipinski definition) is 2. The van der Waals surface area contributed by atoms with Gasteiger partial charge in [0.2, 0.25) is 0 Å². The molecule has 0 radical (unpaired) electrons. The number of carbonyl (C=O) groups is 1. The van der Waals surface area contributed by atoms with Crippen LogP contribution < -0.4 is 0 Å². The van der Waals surface area contributed by atoms with Crippen molar-refractivity contribution < 1.29 is 9.90 Å². The molecule has 6 atom stereocenters. The highest BCUT2D eigenvalue weighted by atomic mass is 16.3. The Morgan fingerprint density at radius 2 is 1.71 bits per heavy atom. The minimum Gasteiger partial charge on any atom is -0.389 e. The maximum atomic E-state index is 12.4. The number of Topliss-reactive ketones (excluding diaryl/α,β-unsaturated/α-hetero) is 1. The summed E-state index contributed by atoms with van der Waals surface area (Å²) in [7, 11) is 0. The van der Waals surface area contributed by atoms with Crippen LogP contribution in [0.3, 0.4) is 0 Å². The van der Waals surface area contributed by atoms with E-state index in [1.807, 2.05) is 0 Å². The topological polar surface area (TPSA) is 37.3 Å². The molecule has 2 heteroatoms. The van der Waals surface area contributed by atoms with Crippen LogP contribution in [0, 0.1) is 28.6 Å². The predicted octanol–water partition coefficient (Wildman–Crippen LogP) is 3.88. The largest absolute Gasteiger partial charge is 0.389 e. The second-order valence-electron chi connectivity index (χ2n) is 8.55. The minimum absolute atomic E-state index is 0.00702. The Kier molecular flexibility index (Phi) is 2.96. The molecule has 0 aliphatic heterocycles. The monoisotopic (exact) mass is 288 g/mol. The number of aliphatic hydroxyl groups is 1. The first kappa shape index (κ1) is 14.0. The molecule has 1 N–H and O–H groups in total. The van der Waals surface area contributed by atoms with E-state index in [9.17, 15) is 9.90 Å². The summed E-state index contributed by atoms with van der Waals surface area (Å²) in [6.07, 6.45) is 10.7. The van der Waals surface area contributed by atoms with Crippen molar-refractivity contribution in [2.45, 2.75) is 71.3 Å². The van der Waals surface area contributed by atoms with E-state index in [1.54, 1.807) is 0 Å². The second kappa shape index (κ2) is 4.44. The molecule has 0 amide bonds. The number of fused-ring (bicyclic) bond motifs is 5. The van der Waals surface area contributed by atoms with Gasteiger partial charge in [0.25, 0.3) is 0 Å². The maximum absolute atomic E-state index is 12.4. The molecule has 4 aliphatic carbocycles. The zero-order valence-corrected chi connectivity index (χ0v) is 13.4. The molecule has 116 valence electrons. The van der Waals surface area contributed by atoms with E-state index >= 15 is 0 Å². The summed E-state index contributed by atoms with van der Waals surface area (Å²) < 4.78 is 0. The molecular weight excluding hydrogens is 260 g/mol. The van der Waals surface area contributed by atoms with E-state index in [4.69, 9.17) is 0 Å². The first-order valence-corrected chi connectivity index (χ1v) is 8.88. The number of rotatable bonds is 0. The molecule has 4 aliphatic rings. The van der Waals surface area contributed by atoms with Crippen LogP contribution in [0.15, 0.2) is 11.6 Å². The van der Waals surface area contributed by atoms with Gasteiger partial charge < -0.3 is 5.11 Å². The van der Waals surface area contributed by atoms with E-state index in [1.165, 1.54) is 18.4 Å². The average molecular weight is 288 g/mol. The third-order valence-electron chi connectivity index (χ3n) is 7.80. The average Bonchev–Trinajstić information content (AvgIpc) is 2.76. The third kappa shape index (κ3) is 1.78. The summed E-state index contributed by atoms with van der Waals surface area (Å²) in [4.78, 5) is 12.4. The van der Waals surface area contributed by atoms with Crippen LogP contribution in [-0.2, 0) is 4.79 Å². The molecule has 2 nitrogen and oxygen atoms in total. The summed E-state index contributed by atoms with van der Waals surface area (Å²) in [5, 5.41) is 9.96. The fraction of sp³-hybridized carbons (Fsp3) is 0.842. The van der Waals surface area contributed by atoms with Gasteiger partial charge in [-0.1, -0.05) is 25.5 Å². The van der Waals surface area contributed by atoms with Crippen molar-refractivity contribution in [2.75, 3.05) is 0 Å². The van der Waals surface area contributed by atoms with E-state index in [0.29, 0.717) is 17.1 Å². The van der Waals surface area contributed by atoms with Gasteiger partial charge in [0.15, 0.2) is 0 Å². The Hall–Kier alpha value is -0.630. The summed E-state index contributed by atoms with van der Waals surface area (Å²) in [6, 6.07) is 0. The number of ketones is 1. The van der Waals surface area contributed by atoms with Gasteiger partial charge in [0.05, 0.1) is 6.10 Å². The fourth-order valence-electron chi connectivity index (χ4n) is 6.48. The van der Waals surface area contributed by atoms with Crippen molar-refractivity contribution >= 4 is 5.78 Å². The van der Waals surface area contributed by atoms with Gasteiger partial charge in [-0.15, -0.1) is 0 Å². The van der Waals surface area contributed by atoms with Gasteiger partial charge in [-0.05, 0) is 68.1 Å². The molecule has 0 heterocycles. The second-order valence-corrected chi connectivity index (χ2v) is 8.55. The lowest BCUT2D eigenvalue weighted by Gasteiger charge is -2.57. The lowest BCUT2D eigenvalue weighted by molar-refractivity contribution is -0.132. The van der Waals surface area contributed by atoms with Crippen molar-refractivity contribution in [1.82, 2.24) is 0 Å². The van der Waals surface area contributed by atoms with Crippen LogP contribution in [0.4, 0.5) is 0 Å². The van der Waals surface area contributed by atoms with Crippen LogP contribution in [-0.4, -0.2) is 17.0 Å². The zero-order chi connectivity index (χ0) is 14.8. The Balaban J connectivity index is 1.69. The Labute approximate surface area is 128 Å². The number of allylic oxidation sites excluding steroid dienone is 1. The SMILES string of the molecule is C[C@]12CC[C@@H](O)C=C1CC[C@H]1[C@H]2CC[C@]2(C)C(=O)CC[C@H]12. The summed E-state index contributed by atoms with van der Waals surface area (Å²) in [5.74, 6) is 2.66. The van der Waals surface area contributed by atoms with Gasteiger partial charge >= 0.3 is 0 Å². The van der Waals surface area contributed by atoms with Crippen molar-refractivity contribution in [3.05, 3.63) is 11.6 Å². The highest BCUT2D eigenvalue weighted by molar-refractivity contribution is 5.87. The van der Waals surface area contributed by atoms with Crippen LogP contribution >= 0.6 is 0 Å². The number of hydrogen-bond donors (Lipinski definition) is 1. The lowest BCUT2D eigenvalue weighted by atomic mass is 9.47. The highest BCUT2D eigenvalue weighted by Crippen LogP contribution is 2.64.